The molecule has 0 N–H and O–H groups in total. The summed E-state index contributed by atoms with van der Waals surface area (Å²) < 4.78 is 117. The molecule has 1 aromatic heterocycles. The van der Waals surface area contributed by atoms with Crippen LogP contribution in [0.2, 0.25) is 0 Å². The Morgan fingerprint density at radius 2 is 1.21 bits per heavy atom. The average Bonchev–Trinajstić information content (AvgIpc) is 3.80. The van der Waals surface area contributed by atoms with Crippen LogP contribution in [0.1, 0.15) is 30.5 Å². The largest absolute Gasteiger partial charge is 0.296 e. The van der Waals surface area contributed by atoms with Gasteiger partial charge >= 0.3 is 0 Å². The van der Waals surface area contributed by atoms with Crippen LogP contribution < -0.4 is 0 Å². The lowest BCUT2D eigenvalue weighted by Gasteiger charge is -2.20. The molecule has 0 aliphatic heterocycles. The predicted octanol–water partition coefficient (Wildman–Crippen LogP) is 12.0. The van der Waals surface area contributed by atoms with E-state index in [1.165, 1.54) is 4.57 Å². The number of benzene rings is 8. The molecular weight excluding hydrogens is 569 g/mol. The summed E-state index contributed by atoms with van der Waals surface area (Å²) in [6.45, 7) is -3.11. The van der Waals surface area contributed by atoms with E-state index in [1.54, 1.807) is 48.5 Å². The number of hydrogen-bond donors (Lipinski definition) is 0. The maximum Gasteiger partial charge on any atom is 0.114 e. The third kappa shape index (κ3) is 3.70. The summed E-state index contributed by atoms with van der Waals surface area (Å²) >= 11 is 0. The van der Waals surface area contributed by atoms with Crippen molar-refractivity contribution in [2.24, 2.45) is 0 Å². The molecule has 1 aliphatic rings. The maximum atomic E-state index is 9.49. The van der Waals surface area contributed by atoms with Crippen molar-refractivity contribution < 1.29 is 17.8 Å². The van der Waals surface area contributed by atoms with Crippen LogP contribution in [0, 0.1) is 0 Å². The Bertz CT molecular complexity index is 3270. The Kier molecular flexibility index (Phi) is 3.52. The molecule has 0 saturated heterocycles. The molecule has 0 spiro atoms. The molecular formula is C45H30N2. The highest BCUT2D eigenvalue weighted by atomic mass is 15.1. The number of hydrogen-bond acceptors (Lipinski definition) is 1. The first-order valence-electron chi connectivity index (χ1n) is 21.7. The van der Waals surface area contributed by atoms with Gasteiger partial charge in [-0.25, -0.2) is 4.98 Å². The van der Waals surface area contributed by atoms with Gasteiger partial charge in [0.05, 0.1) is 22.0 Å². The minimum absolute atomic E-state index is 0.0192. The van der Waals surface area contributed by atoms with Gasteiger partial charge in [-0.1, -0.05) is 134 Å². The Hall–Kier alpha value is -5.99. The molecule has 0 radical (unpaired) electrons. The normalized spacial score (nSPS) is 16.6. The molecule has 2 nitrogen and oxygen atoms in total. The van der Waals surface area contributed by atoms with Gasteiger partial charge in [0.1, 0.15) is 5.82 Å². The van der Waals surface area contributed by atoms with Crippen LogP contribution in [0.15, 0.2) is 151 Å². The smallest absolute Gasteiger partial charge is 0.114 e. The maximum absolute atomic E-state index is 9.49. The van der Waals surface area contributed by atoms with E-state index in [0.717, 1.165) is 33.0 Å². The Balaban J connectivity index is 1.38. The molecule has 0 bridgehead atoms. The minimum atomic E-state index is -3.11. The molecule has 10 rings (SSSR count). The standard InChI is InChI=1S/C45H30N2/c1-2-42-46-40-23-9-10-24-41(40)47(42)29-14-11-13-28(27-29)43-33-17-5-7-19-35(33)45(36-20-8-6-18-34(36)43)39-26-25-38-31-16-4-3-15-30(31)32-21-12-22-37(39)44(32)38/h3-27H,2H2,1H3/i1D3,2D2,5D,6D,7D,8D,17D,18D,19D,20D. The highest BCUT2D eigenvalue weighted by Crippen LogP contribution is 2.51. The zero-order valence-corrected chi connectivity index (χ0v) is 24.7. The van der Waals surface area contributed by atoms with Crippen molar-refractivity contribution in [3.8, 4) is 50.2 Å². The zero-order chi connectivity index (χ0) is 42.3. The third-order valence-electron chi connectivity index (χ3n) is 9.26. The second-order valence-corrected chi connectivity index (χ2v) is 11.6. The van der Waals surface area contributed by atoms with Gasteiger partial charge in [-0.2, -0.15) is 0 Å². The van der Waals surface area contributed by atoms with Crippen LogP contribution in [0.5, 0.6) is 0 Å². The second-order valence-electron chi connectivity index (χ2n) is 11.6. The molecule has 0 fully saturated rings. The number of rotatable bonds is 4. The van der Waals surface area contributed by atoms with Crippen LogP contribution in [-0.4, -0.2) is 9.55 Å². The van der Waals surface area contributed by atoms with E-state index in [-0.39, 0.29) is 49.7 Å². The van der Waals surface area contributed by atoms with E-state index in [2.05, 4.69) is 4.98 Å². The van der Waals surface area contributed by atoms with Crippen LogP contribution in [0.25, 0.3) is 93.5 Å². The quantitative estimate of drug-likeness (QED) is 0.181. The molecule has 8 aromatic carbocycles. The van der Waals surface area contributed by atoms with Crippen molar-refractivity contribution in [1.82, 2.24) is 9.55 Å². The molecule has 0 atom stereocenters. The summed E-state index contributed by atoms with van der Waals surface area (Å²) in [5, 5.41) is 1.81. The number of para-hydroxylation sites is 2. The first kappa shape index (κ1) is 16.5. The van der Waals surface area contributed by atoms with Gasteiger partial charge in [-0.15, -0.1) is 0 Å². The van der Waals surface area contributed by atoms with Crippen molar-refractivity contribution >= 4 is 43.4 Å². The number of nitrogens with zero attached hydrogens (tertiary/aromatic N) is 2. The second kappa shape index (κ2) is 10.0. The summed E-state index contributed by atoms with van der Waals surface area (Å²) in [6.07, 6.45) is -2.91. The fourth-order valence-corrected chi connectivity index (χ4v) is 7.38. The van der Waals surface area contributed by atoms with Gasteiger partial charge < -0.3 is 0 Å². The molecule has 0 unspecified atom stereocenters. The van der Waals surface area contributed by atoms with Crippen molar-refractivity contribution in [1.29, 1.82) is 0 Å². The molecule has 220 valence electrons. The highest BCUT2D eigenvalue weighted by Gasteiger charge is 2.24. The average molecular weight is 612 g/mol. The van der Waals surface area contributed by atoms with Gasteiger partial charge in [-0.05, 0) is 101 Å². The lowest BCUT2D eigenvalue weighted by atomic mass is 9.84. The third-order valence-corrected chi connectivity index (χ3v) is 9.26. The summed E-state index contributed by atoms with van der Waals surface area (Å²) in [5.41, 5.74) is 6.15. The zero-order valence-electron chi connectivity index (χ0n) is 37.7. The van der Waals surface area contributed by atoms with Gasteiger partial charge in [-0.3, -0.25) is 4.57 Å². The first-order chi connectivity index (χ1) is 28.5. The first-order valence-corrected chi connectivity index (χ1v) is 15.2. The van der Waals surface area contributed by atoms with Crippen LogP contribution >= 0.6 is 0 Å². The number of aryl methyl sites for hydroxylation is 1. The SMILES string of the molecule is [2H]c1c([2H])c([2H])c2c(-c3ccc4c5c(cccc35)-c3ccccc3-4)c3c([2H])c([2H])c([2H])c([2H])c3c(-c3cccc(-n4c(C([2H])([2H])C([2H])([2H])[2H])nc5ccccc54)c3)c2c1[2H]. The number of aromatic nitrogens is 2. The van der Waals surface area contributed by atoms with E-state index >= 15 is 0 Å². The lowest BCUT2D eigenvalue weighted by Crippen LogP contribution is -2.00. The summed E-state index contributed by atoms with van der Waals surface area (Å²) in [7, 11) is 0. The fourth-order valence-electron chi connectivity index (χ4n) is 7.38. The van der Waals surface area contributed by atoms with Crippen molar-refractivity contribution in [2.45, 2.75) is 13.2 Å². The molecule has 1 aliphatic carbocycles. The van der Waals surface area contributed by atoms with E-state index in [9.17, 15) is 5.48 Å². The molecule has 0 amide bonds. The fraction of sp³-hybridized carbons (Fsp3) is 0.0444. The lowest BCUT2D eigenvalue weighted by molar-refractivity contribution is 0.908. The monoisotopic (exact) mass is 611 g/mol. The summed E-state index contributed by atoms with van der Waals surface area (Å²) in [5.74, 6) is -0.385. The van der Waals surface area contributed by atoms with E-state index in [4.69, 9.17) is 12.3 Å². The number of fused-ring (bicyclic) bond motifs is 6. The van der Waals surface area contributed by atoms with E-state index in [1.807, 2.05) is 54.6 Å². The van der Waals surface area contributed by atoms with Crippen LogP contribution in [-0.2, 0) is 6.37 Å². The van der Waals surface area contributed by atoms with Gasteiger partial charge in [0, 0.05) is 18.9 Å². The van der Waals surface area contributed by atoms with Gasteiger partial charge in [0.2, 0.25) is 0 Å². The van der Waals surface area contributed by atoms with E-state index < -0.39 is 61.6 Å². The predicted molar refractivity (Wildman–Crippen MR) is 198 cm³/mol. The summed E-state index contributed by atoms with van der Waals surface area (Å²) in [4.78, 5) is 4.45. The molecule has 0 saturated carbocycles. The van der Waals surface area contributed by atoms with Crippen LogP contribution in [0.4, 0.5) is 0 Å². The molecule has 9 aromatic rings. The van der Waals surface area contributed by atoms with Crippen LogP contribution in [0.3, 0.4) is 0 Å². The number of imidazole rings is 1. The highest BCUT2D eigenvalue weighted by molar-refractivity contribution is 6.26. The van der Waals surface area contributed by atoms with Gasteiger partial charge in [0.25, 0.3) is 0 Å². The minimum Gasteiger partial charge on any atom is -0.296 e. The Morgan fingerprint density at radius 3 is 1.96 bits per heavy atom. The Labute approximate surface area is 291 Å². The van der Waals surface area contributed by atoms with Crippen molar-refractivity contribution in [3.05, 3.63) is 157 Å². The molecule has 2 heteroatoms. The topological polar surface area (TPSA) is 17.8 Å². The Morgan fingerprint density at radius 1 is 0.596 bits per heavy atom. The van der Waals surface area contributed by atoms with Crippen molar-refractivity contribution in [3.63, 3.8) is 0 Å². The van der Waals surface area contributed by atoms with E-state index in [0.29, 0.717) is 16.6 Å². The molecule has 1 heterocycles. The molecule has 47 heavy (non-hydrogen) atoms. The summed E-state index contributed by atoms with van der Waals surface area (Å²) in [6, 6.07) is 27.1. The van der Waals surface area contributed by atoms with Gasteiger partial charge in [0.15, 0.2) is 0 Å². The van der Waals surface area contributed by atoms with Crippen molar-refractivity contribution in [2.75, 3.05) is 0 Å².